The predicted molar refractivity (Wildman–Crippen MR) is 87.3 cm³/mol. The van der Waals surface area contributed by atoms with Crippen LogP contribution >= 0.6 is 0 Å². The van der Waals surface area contributed by atoms with Crippen molar-refractivity contribution in [2.24, 2.45) is 5.92 Å². The summed E-state index contributed by atoms with van der Waals surface area (Å²) in [6.45, 7) is 2.88. The number of amides is 2. The lowest BCUT2D eigenvalue weighted by molar-refractivity contribution is 0.236. The first-order valence-electron chi connectivity index (χ1n) is 8.32. The number of rotatable bonds is 7. The van der Waals surface area contributed by atoms with Gasteiger partial charge in [0.05, 0.1) is 0 Å². The van der Waals surface area contributed by atoms with Gasteiger partial charge in [-0.3, -0.25) is 0 Å². The molecule has 1 saturated carbocycles. The van der Waals surface area contributed by atoms with Crippen LogP contribution in [0, 0.1) is 5.92 Å². The van der Waals surface area contributed by atoms with Crippen LogP contribution in [-0.2, 0) is 6.42 Å². The van der Waals surface area contributed by atoms with Crippen molar-refractivity contribution in [1.82, 2.24) is 10.6 Å². The molecule has 1 aromatic carbocycles. The molecule has 2 amide bonds. The van der Waals surface area contributed by atoms with E-state index in [2.05, 4.69) is 41.8 Å². The lowest BCUT2D eigenvalue weighted by Crippen LogP contribution is -2.41. The fraction of sp³-hybridized carbons (Fsp3) is 0.611. The summed E-state index contributed by atoms with van der Waals surface area (Å²) in [5.74, 6) is 0.834. The maximum Gasteiger partial charge on any atom is 0.314 e. The van der Waals surface area contributed by atoms with Crippen molar-refractivity contribution in [1.29, 1.82) is 0 Å². The minimum Gasteiger partial charge on any atom is -0.338 e. The lowest BCUT2D eigenvalue weighted by atomic mass is 10.0. The van der Waals surface area contributed by atoms with Crippen molar-refractivity contribution >= 4 is 6.03 Å². The number of nitrogens with one attached hydrogen (secondary N) is 2. The van der Waals surface area contributed by atoms with Crippen molar-refractivity contribution < 1.29 is 4.79 Å². The van der Waals surface area contributed by atoms with E-state index >= 15 is 0 Å². The number of urea groups is 1. The van der Waals surface area contributed by atoms with Gasteiger partial charge in [0, 0.05) is 12.6 Å². The standard InChI is InChI=1S/C18H28N2O/c1-15(11-12-16-7-3-2-4-8-16)20-18(21)19-14-13-17-9-5-6-10-17/h2-4,7-8,15,17H,5-6,9-14H2,1H3,(H2,19,20,21). The molecule has 0 aliphatic heterocycles. The van der Waals surface area contributed by atoms with Crippen molar-refractivity contribution in [2.45, 2.75) is 57.9 Å². The van der Waals surface area contributed by atoms with Gasteiger partial charge in [0.15, 0.2) is 0 Å². The number of carbonyl (C=O) groups excluding carboxylic acids is 1. The van der Waals surface area contributed by atoms with Crippen LogP contribution in [0.25, 0.3) is 0 Å². The van der Waals surface area contributed by atoms with Gasteiger partial charge in [-0.1, -0.05) is 56.0 Å². The van der Waals surface area contributed by atoms with Crippen LogP contribution in [0.15, 0.2) is 30.3 Å². The first-order chi connectivity index (χ1) is 10.2. The summed E-state index contributed by atoms with van der Waals surface area (Å²) in [5, 5.41) is 6.01. The third-order valence-corrected chi connectivity index (χ3v) is 4.40. The Bertz CT molecular complexity index is 412. The van der Waals surface area contributed by atoms with Gasteiger partial charge in [0.2, 0.25) is 0 Å². The van der Waals surface area contributed by atoms with Crippen LogP contribution in [0.5, 0.6) is 0 Å². The van der Waals surface area contributed by atoms with Gasteiger partial charge < -0.3 is 10.6 Å². The molecular weight excluding hydrogens is 260 g/mol. The van der Waals surface area contributed by atoms with E-state index in [4.69, 9.17) is 0 Å². The molecule has 116 valence electrons. The summed E-state index contributed by atoms with van der Waals surface area (Å²) >= 11 is 0. The average Bonchev–Trinajstić information content (AvgIpc) is 2.99. The molecule has 3 heteroatoms. The van der Waals surface area contributed by atoms with Crippen molar-refractivity contribution in [3.05, 3.63) is 35.9 Å². The molecule has 0 saturated heterocycles. The van der Waals surface area contributed by atoms with Crippen LogP contribution in [0.2, 0.25) is 0 Å². The first kappa shape index (κ1) is 15.9. The van der Waals surface area contributed by atoms with Gasteiger partial charge >= 0.3 is 6.03 Å². The maximum absolute atomic E-state index is 11.8. The van der Waals surface area contributed by atoms with E-state index in [9.17, 15) is 4.79 Å². The van der Waals surface area contributed by atoms with Gasteiger partial charge in [0.25, 0.3) is 0 Å². The van der Waals surface area contributed by atoms with E-state index in [1.165, 1.54) is 31.2 Å². The third-order valence-electron chi connectivity index (χ3n) is 4.40. The molecule has 0 bridgehead atoms. The predicted octanol–water partition coefficient (Wildman–Crippen LogP) is 3.89. The minimum absolute atomic E-state index is 0.0199. The quantitative estimate of drug-likeness (QED) is 0.785. The number of hydrogen-bond donors (Lipinski definition) is 2. The zero-order valence-corrected chi connectivity index (χ0v) is 13.1. The number of benzene rings is 1. The SMILES string of the molecule is CC(CCc1ccccc1)NC(=O)NCCC1CCCC1. The Labute approximate surface area is 128 Å². The second-order valence-electron chi connectivity index (χ2n) is 6.26. The van der Waals surface area contributed by atoms with E-state index in [0.29, 0.717) is 0 Å². The summed E-state index contributed by atoms with van der Waals surface area (Å²) in [4.78, 5) is 11.8. The Hall–Kier alpha value is -1.51. The molecule has 2 rings (SSSR count). The smallest absolute Gasteiger partial charge is 0.314 e. The highest BCUT2D eigenvalue weighted by Crippen LogP contribution is 2.26. The van der Waals surface area contributed by atoms with Crippen LogP contribution in [-0.4, -0.2) is 18.6 Å². The monoisotopic (exact) mass is 288 g/mol. The van der Waals surface area contributed by atoms with Crippen LogP contribution in [0.1, 0.15) is 51.0 Å². The van der Waals surface area contributed by atoms with Crippen LogP contribution in [0.3, 0.4) is 0 Å². The van der Waals surface area contributed by atoms with Crippen molar-refractivity contribution in [3.63, 3.8) is 0 Å². The van der Waals surface area contributed by atoms with E-state index in [1.54, 1.807) is 0 Å². The molecule has 2 N–H and O–H groups in total. The molecule has 0 radical (unpaired) electrons. The maximum atomic E-state index is 11.8. The minimum atomic E-state index is -0.0199. The molecule has 0 aromatic heterocycles. The first-order valence-corrected chi connectivity index (χ1v) is 8.32. The van der Waals surface area contributed by atoms with Gasteiger partial charge in [0.1, 0.15) is 0 Å². The van der Waals surface area contributed by atoms with Crippen molar-refractivity contribution in [3.8, 4) is 0 Å². The van der Waals surface area contributed by atoms with Gasteiger partial charge in [-0.15, -0.1) is 0 Å². The van der Waals surface area contributed by atoms with E-state index in [1.807, 2.05) is 6.07 Å². The molecule has 1 aliphatic carbocycles. The van der Waals surface area contributed by atoms with E-state index in [-0.39, 0.29) is 12.1 Å². The zero-order chi connectivity index (χ0) is 14.9. The Morgan fingerprint density at radius 2 is 1.95 bits per heavy atom. The largest absolute Gasteiger partial charge is 0.338 e. The van der Waals surface area contributed by atoms with E-state index < -0.39 is 0 Å². The summed E-state index contributed by atoms with van der Waals surface area (Å²) in [6.07, 6.45) is 8.53. The fourth-order valence-electron chi connectivity index (χ4n) is 3.06. The third kappa shape index (κ3) is 6.19. The van der Waals surface area contributed by atoms with Crippen LogP contribution in [0.4, 0.5) is 4.79 Å². The van der Waals surface area contributed by atoms with E-state index in [0.717, 1.165) is 31.7 Å². The highest BCUT2D eigenvalue weighted by Gasteiger charge is 2.15. The molecule has 1 fully saturated rings. The summed E-state index contributed by atoms with van der Waals surface area (Å²) < 4.78 is 0. The summed E-state index contributed by atoms with van der Waals surface area (Å²) in [5.41, 5.74) is 1.33. The second kappa shape index (κ2) is 8.71. The molecule has 1 aliphatic rings. The zero-order valence-electron chi connectivity index (χ0n) is 13.1. The fourth-order valence-corrected chi connectivity index (χ4v) is 3.06. The van der Waals surface area contributed by atoms with Crippen molar-refractivity contribution in [2.75, 3.05) is 6.54 Å². The number of aryl methyl sites for hydroxylation is 1. The van der Waals surface area contributed by atoms with Gasteiger partial charge in [-0.05, 0) is 37.7 Å². The second-order valence-corrected chi connectivity index (χ2v) is 6.26. The highest BCUT2D eigenvalue weighted by molar-refractivity contribution is 5.74. The Balaban J connectivity index is 1.56. The molecule has 3 nitrogen and oxygen atoms in total. The van der Waals surface area contributed by atoms with Gasteiger partial charge in [-0.25, -0.2) is 4.79 Å². The molecule has 1 unspecified atom stereocenters. The molecule has 1 atom stereocenters. The number of carbonyl (C=O) groups is 1. The molecule has 1 aromatic rings. The topological polar surface area (TPSA) is 41.1 Å². The average molecular weight is 288 g/mol. The number of hydrogen-bond acceptors (Lipinski definition) is 1. The Morgan fingerprint density at radius 3 is 2.67 bits per heavy atom. The lowest BCUT2D eigenvalue weighted by Gasteiger charge is -2.15. The van der Waals surface area contributed by atoms with Crippen LogP contribution < -0.4 is 10.6 Å². The molecule has 21 heavy (non-hydrogen) atoms. The molecular formula is C18H28N2O. The van der Waals surface area contributed by atoms with Gasteiger partial charge in [-0.2, -0.15) is 0 Å². The molecule has 0 heterocycles. The molecule has 0 spiro atoms. The normalized spacial score (nSPS) is 16.6. The summed E-state index contributed by atoms with van der Waals surface area (Å²) in [6, 6.07) is 10.6. The Kier molecular flexibility index (Phi) is 6.58. The highest BCUT2D eigenvalue weighted by atomic mass is 16.2. The Morgan fingerprint density at radius 1 is 1.24 bits per heavy atom. The summed E-state index contributed by atoms with van der Waals surface area (Å²) in [7, 11) is 0.